The maximum Gasteiger partial charge on any atom is 0.255 e. The highest BCUT2D eigenvalue weighted by molar-refractivity contribution is 9.10. The highest BCUT2D eigenvalue weighted by atomic mass is 79.9. The summed E-state index contributed by atoms with van der Waals surface area (Å²) in [5, 5.41) is 0. The first kappa shape index (κ1) is 25.4. The number of allylic oxidation sites excluding steroid dienone is 2. The maximum atomic E-state index is 13.2. The number of hydrogen-bond acceptors (Lipinski definition) is 3. The second-order valence-corrected chi connectivity index (χ2v) is 10.5. The van der Waals surface area contributed by atoms with Gasteiger partial charge in [-0.05, 0) is 94.3 Å². The number of nitrogens with two attached hydrogens (primary N) is 1. The predicted octanol–water partition coefficient (Wildman–Crippen LogP) is 5.39. The number of carbonyl (C=O) groups excluding carboxylic acids is 1. The van der Waals surface area contributed by atoms with Crippen molar-refractivity contribution in [3.8, 4) is 0 Å². The number of rotatable bonds is 6. The van der Waals surface area contributed by atoms with E-state index >= 15 is 0 Å². The highest BCUT2D eigenvalue weighted by Gasteiger charge is 2.39. The molecule has 0 unspecified atom stereocenters. The second-order valence-electron chi connectivity index (χ2n) is 9.60. The van der Waals surface area contributed by atoms with Crippen LogP contribution in [0.15, 0.2) is 63.7 Å². The molecule has 0 aliphatic carbocycles. The summed E-state index contributed by atoms with van der Waals surface area (Å²) in [5.41, 5.74) is 9.98. The molecule has 0 saturated carbocycles. The summed E-state index contributed by atoms with van der Waals surface area (Å²) >= 11 is 3.51. The van der Waals surface area contributed by atoms with Crippen molar-refractivity contribution in [2.45, 2.75) is 52.0 Å². The summed E-state index contributed by atoms with van der Waals surface area (Å²) in [6.07, 6.45) is 5.44. The molecule has 1 aromatic rings. The highest BCUT2D eigenvalue weighted by Crippen LogP contribution is 2.37. The summed E-state index contributed by atoms with van der Waals surface area (Å²) in [6, 6.07) is 8.48. The van der Waals surface area contributed by atoms with E-state index < -0.39 is 0 Å². The third kappa shape index (κ3) is 5.85. The summed E-state index contributed by atoms with van der Waals surface area (Å²) in [7, 11) is 0. The molecular formula is C27H37BrN4O. The number of piperidine rings is 2. The van der Waals surface area contributed by atoms with Crippen molar-refractivity contribution in [1.82, 2.24) is 9.80 Å². The number of halogens is 1. The lowest BCUT2D eigenvalue weighted by Crippen LogP contribution is -2.56. The van der Waals surface area contributed by atoms with Gasteiger partial charge in [0.1, 0.15) is 0 Å². The first-order valence-corrected chi connectivity index (χ1v) is 12.6. The van der Waals surface area contributed by atoms with Crippen molar-refractivity contribution in [3.63, 3.8) is 0 Å². The molecule has 1 amide bonds. The van der Waals surface area contributed by atoms with E-state index in [1.807, 2.05) is 18.7 Å². The molecule has 0 atom stereocenters. The van der Waals surface area contributed by atoms with Gasteiger partial charge in [-0.15, -0.1) is 0 Å². The average molecular weight is 514 g/mol. The van der Waals surface area contributed by atoms with Gasteiger partial charge in [-0.2, -0.15) is 0 Å². The number of carbonyl (C=O) groups is 1. The fourth-order valence-corrected chi connectivity index (χ4v) is 5.42. The van der Waals surface area contributed by atoms with Gasteiger partial charge in [0, 0.05) is 23.1 Å². The minimum Gasteiger partial charge on any atom is -0.390 e. The van der Waals surface area contributed by atoms with Crippen LogP contribution in [0.5, 0.6) is 0 Å². The van der Waals surface area contributed by atoms with Crippen LogP contribution in [-0.2, 0) is 4.79 Å². The molecule has 33 heavy (non-hydrogen) atoms. The molecule has 1 aromatic carbocycles. The Morgan fingerprint density at radius 2 is 1.70 bits per heavy atom. The van der Waals surface area contributed by atoms with Crippen LogP contribution < -0.4 is 5.73 Å². The first-order valence-electron chi connectivity index (χ1n) is 11.8. The van der Waals surface area contributed by atoms with E-state index in [1.54, 1.807) is 0 Å². The zero-order valence-corrected chi connectivity index (χ0v) is 21.8. The molecular weight excluding hydrogens is 476 g/mol. The maximum absolute atomic E-state index is 13.2. The van der Waals surface area contributed by atoms with E-state index in [9.17, 15) is 4.79 Å². The van der Waals surface area contributed by atoms with Gasteiger partial charge in [0.2, 0.25) is 0 Å². The fraction of sp³-hybridized carbons (Fsp3) is 0.481. The summed E-state index contributed by atoms with van der Waals surface area (Å²) in [6.45, 7) is 18.1. The molecule has 6 heteroatoms. The Balaban J connectivity index is 1.58. The van der Waals surface area contributed by atoms with Crippen LogP contribution in [0.25, 0.3) is 5.57 Å². The van der Waals surface area contributed by atoms with E-state index in [0.29, 0.717) is 17.2 Å². The molecule has 0 bridgehead atoms. The Bertz CT molecular complexity index is 947. The molecule has 3 rings (SSSR count). The molecule has 2 saturated heterocycles. The molecule has 0 spiro atoms. The van der Waals surface area contributed by atoms with Crippen LogP contribution in [0.2, 0.25) is 0 Å². The number of nitrogens with zero attached hydrogens (tertiary/aromatic N) is 3. The van der Waals surface area contributed by atoms with E-state index in [4.69, 9.17) is 5.73 Å². The first-order chi connectivity index (χ1) is 15.7. The van der Waals surface area contributed by atoms with E-state index in [-0.39, 0.29) is 11.4 Å². The normalized spacial score (nSPS) is 20.5. The summed E-state index contributed by atoms with van der Waals surface area (Å²) < 4.78 is 1.10. The lowest BCUT2D eigenvalue weighted by Gasteiger charge is -2.49. The largest absolute Gasteiger partial charge is 0.390 e. The smallest absolute Gasteiger partial charge is 0.255 e. The zero-order chi connectivity index (χ0) is 24.2. The van der Waals surface area contributed by atoms with Crippen molar-refractivity contribution >= 4 is 33.7 Å². The van der Waals surface area contributed by atoms with Crippen molar-refractivity contribution < 1.29 is 4.79 Å². The SMILES string of the molecule is C=C(C)/C(C(=O)N1CCC(C)(N2CCC(C(=C)c3ccc(Br)cc3)CC2)CC1)=C(C)\N=C/N. The predicted molar refractivity (Wildman–Crippen MR) is 142 cm³/mol. The fourth-order valence-electron chi connectivity index (χ4n) is 5.16. The Morgan fingerprint density at radius 1 is 1.12 bits per heavy atom. The average Bonchev–Trinajstić information content (AvgIpc) is 2.79. The minimum atomic E-state index is 0.0113. The quantitative estimate of drug-likeness (QED) is 0.240. The third-order valence-corrected chi connectivity index (χ3v) is 7.89. The van der Waals surface area contributed by atoms with Crippen LogP contribution in [0, 0.1) is 5.92 Å². The summed E-state index contributed by atoms with van der Waals surface area (Å²) in [4.78, 5) is 21.9. The molecule has 2 N–H and O–H groups in total. The minimum absolute atomic E-state index is 0.0113. The Labute approximate surface area is 207 Å². The van der Waals surface area contributed by atoms with Crippen molar-refractivity contribution in [1.29, 1.82) is 0 Å². The molecule has 178 valence electrons. The monoisotopic (exact) mass is 512 g/mol. The van der Waals surface area contributed by atoms with Crippen molar-refractivity contribution in [2.24, 2.45) is 16.6 Å². The molecule has 5 nitrogen and oxygen atoms in total. The van der Waals surface area contributed by atoms with Gasteiger partial charge in [-0.25, -0.2) is 4.99 Å². The number of amides is 1. The van der Waals surface area contributed by atoms with E-state index in [1.165, 1.54) is 17.5 Å². The second kappa shape index (κ2) is 10.8. The lowest BCUT2D eigenvalue weighted by atomic mass is 9.81. The van der Waals surface area contributed by atoms with Crippen molar-refractivity contribution in [3.05, 3.63) is 64.3 Å². The van der Waals surface area contributed by atoms with Crippen LogP contribution in [-0.4, -0.2) is 53.8 Å². The molecule has 2 heterocycles. The topological polar surface area (TPSA) is 61.9 Å². The van der Waals surface area contributed by atoms with Gasteiger partial charge in [-0.3, -0.25) is 9.69 Å². The number of benzene rings is 1. The number of hydrogen-bond donors (Lipinski definition) is 1. The Morgan fingerprint density at radius 3 is 2.21 bits per heavy atom. The molecule has 2 fully saturated rings. The Hall–Kier alpha value is -2.18. The number of likely N-dealkylation sites (tertiary alicyclic amines) is 2. The van der Waals surface area contributed by atoms with E-state index in [0.717, 1.165) is 61.9 Å². The molecule has 0 aromatic heterocycles. The van der Waals surface area contributed by atoms with Crippen LogP contribution >= 0.6 is 15.9 Å². The van der Waals surface area contributed by atoms with Gasteiger partial charge >= 0.3 is 0 Å². The lowest BCUT2D eigenvalue weighted by molar-refractivity contribution is -0.129. The van der Waals surface area contributed by atoms with Crippen LogP contribution in [0.1, 0.15) is 52.0 Å². The number of aliphatic imine (C=N–C) groups is 1. The molecule has 0 radical (unpaired) electrons. The van der Waals surface area contributed by atoms with Gasteiger partial charge < -0.3 is 10.6 Å². The van der Waals surface area contributed by atoms with Crippen molar-refractivity contribution in [2.75, 3.05) is 26.2 Å². The zero-order valence-electron chi connectivity index (χ0n) is 20.2. The Kier molecular flexibility index (Phi) is 8.35. The molecule has 2 aliphatic heterocycles. The van der Waals surface area contributed by atoms with Crippen LogP contribution in [0.3, 0.4) is 0 Å². The van der Waals surface area contributed by atoms with Crippen LogP contribution in [0.4, 0.5) is 0 Å². The van der Waals surface area contributed by atoms with Gasteiger partial charge in [0.25, 0.3) is 5.91 Å². The third-order valence-electron chi connectivity index (χ3n) is 7.36. The molecule has 2 aliphatic rings. The van der Waals surface area contributed by atoms with Gasteiger partial charge in [0.05, 0.1) is 17.6 Å². The van der Waals surface area contributed by atoms with E-state index in [2.05, 4.69) is 70.2 Å². The van der Waals surface area contributed by atoms with Gasteiger partial charge in [0.15, 0.2) is 0 Å². The van der Waals surface area contributed by atoms with Gasteiger partial charge in [-0.1, -0.05) is 41.2 Å². The standard InChI is InChI=1S/C27H37BrN4O/c1-19(2)25(21(4)30-18-29)26(33)31-16-12-27(5,13-17-31)32-14-10-23(11-15-32)20(3)22-6-8-24(28)9-7-22/h6-9,18,23H,1,3,10-17H2,2,4-5H3,(H2,29,30)/b25-21+. The summed E-state index contributed by atoms with van der Waals surface area (Å²) in [5.74, 6) is 0.541.